The first-order valence-corrected chi connectivity index (χ1v) is 7.40. The minimum atomic E-state index is -0.450. The van der Waals surface area contributed by atoms with E-state index in [2.05, 4.69) is 17.4 Å². The van der Waals surface area contributed by atoms with Gasteiger partial charge in [-0.15, -0.1) is 0 Å². The SMILES string of the molecule is COCCN1C(=O)C[C@H](Nc2ccc3c(c2)CCC3)C1=O. The number of fused-ring (bicyclic) bond motifs is 1. The van der Waals surface area contributed by atoms with E-state index in [9.17, 15) is 9.59 Å². The summed E-state index contributed by atoms with van der Waals surface area (Å²) >= 11 is 0. The van der Waals surface area contributed by atoms with Crippen molar-refractivity contribution >= 4 is 17.5 Å². The van der Waals surface area contributed by atoms with Gasteiger partial charge in [0.05, 0.1) is 19.6 Å². The third kappa shape index (κ3) is 2.78. The molecule has 0 radical (unpaired) electrons. The molecule has 112 valence electrons. The Bertz CT molecular complexity index is 571. The highest BCUT2D eigenvalue weighted by molar-refractivity contribution is 6.06. The number of carbonyl (C=O) groups excluding carboxylic acids is 2. The van der Waals surface area contributed by atoms with Crippen molar-refractivity contribution in [1.29, 1.82) is 0 Å². The molecule has 5 nitrogen and oxygen atoms in total. The van der Waals surface area contributed by atoms with Crippen molar-refractivity contribution in [3.05, 3.63) is 29.3 Å². The molecule has 1 aromatic rings. The predicted octanol–water partition coefficient (Wildman–Crippen LogP) is 1.36. The molecule has 1 aliphatic carbocycles. The topological polar surface area (TPSA) is 58.6 Å². The number of hydrogen-bond donors (Lipinski definition) is 1. The Morgan fingerprint density at radius 1 is 1.29 bits per heavy atom. The molecule has 0 unspecified atom stereocenters. The van der Waals surface area contributed by atoms with Crippen LogP contribution >= 0.6 is 0 Å². The number of ether oxygens (including phenoxy) is 1. The summed E-state index contributed by atoms with van der Waals surface area (Å²) in [5.74, 6) is -0.284. The van der Waals surface area contributed by atoms with E-state index in [4.69, 9.17) is 4.74 Å². The minimum Gasteiger partial charge on any atom is -0.383 e. The Kier molecular flexibility index (Phi) is 3.92. The molecule has 1 fully saturated rings. The molecule has 1 aromatic carbocycles. The molecule has 0 spiro atoms. The van der Waals surface area contributed by atoms with Crippen LogP contribution in [0.5, 0.6) is 0 Å². The number of nitrogens with zero attached hydrogens (tertiary/aromatic N) is 1. The van der Waals surface area contributed by atoms with Crippen molar-refractivity contribution in [2.45, 2.75) is 31.7 Å². The van der Waals surface area contributed by atoms with Gasteiger partial charge in [-0.2, -0.15) is 0 Å². The van der Waals surface area contributed by atoms with Crippen molar-refractivity contribution in [3.8, 4) is 0 Å². The Morgan fingerprint density at radius 2 is 2.10 bits per heavy atom. The van der Waals surface area contributed by atoms with E-state index in [-0.39, 0.29) is 18.2 Å². The Hall–Kier alpha value is -1.88. The molecule has 0 aromatic heterocycles. The van der Waals surface area contributed by atoms with Gasteiger partial charge in [0.2, 0.25) is 5.91 Å². The second-order valence-corrected chi connectivity index (χ2v) is 5.61. The van der Waals surface area contributed by atoms with Gasteiger partial charge in [-0.25, -0.2) is 0 Å². The largest absolute Gasteiger partial charge is 0.383 e. The second-order valence-electron chi connectivity index (χ2n) is 5.61. The van der Waals surface area contributed by atoms with Crippen LogP contribution in [0.1, 0.15) is 24.0 Å². The summed E-state index contributed by atoms with van der Waals surface area (Å²) in [6, 6.07) is 5.78. The van der Waals surface area contributed by atoms with Crippen molar-refractivity contribution in [3.63, 3.8) is 0 Å². The van der Waals surface area contributed by atoms with Crippen molar-refractivity contribution in [2.75, 3.05) is 25.6 Å². The van der Waals surface area contributed by atoms with Gasteiger partial charge in [-0.3, -0.25) is 14.5 Å². The number of hydrogen-bond acceptors (Lipinski definition) is 4. The summed E-state index contributed by atoms with van der Waals surface area (Å²) in [5.41, 5.74) is 3.68. The molecule has 5 heteroatoms. The van der Waals surface area contributed by atoms with Gasteiger partial charge >= 0.3 is 0 Å². The number of benzene rings is 1. The first-order valence-electron chi connectivity index (χ1n) is 7.40. The quantitative estimate of drug-likeness (QED) is 0.831. The molecule has 1 atom stereocenters. The van der Waals surface area contributed by atoms with Crippen LogP contribution in [-0.2, 0) is 27.2 Å². The average molecular weight is 288 g/mol. The van der Waals surface area contributed by atoms with Gasteiger partial charge in [0.15, 0.2) is 0 Å². The number of amides is 2. The molecule has 0 saturated carbocycles. The molecular weight excluding hydrogens is 268 g/mol. The predicted molar refractivity (Wildman–Crippen MR) is 79.1 cm³/mol. The smallest absolute Gasteiger partial charge is 0.252 e. The van der Waals surface area contributed by atoms with Gasteiger partial charge in [0.1, 0.15) is 6.04 Å². The van der Waals surface area contributed by atoms with E-state index >= 15 is 0 Å². The van der Waals surface area contributed by atoms with Crippen LogP contribution in [0.15, 0.2) is 18.2 Å². The van der Waals surface area contributed by atoms with E-state index < -0.39 is 6.04 Å². The van der Waals surface area contributed by atoms with Crippen LogP contribution < -0.4 is 5.32 Å². The number of imide groups is 1. The standard InChI is InChI=1S/C16H20N2O3/c1-21-8-7-18-15(19)10-14(16(18)20)17-13-6-5-11-3-2-4-12(11)9-13/h5-6,9,14,17H,2-4,7-8,10H2,1H3/t14-/m0/s1. The summed E-state index contributed by atoms with van der Waals surface area (Å²) in [6.45, 7) is 0.708. The Labute approximate surface area is 124 Å². The molecule has 1 saturated heterocycles. The van der Waals surface area contributed by atoms with Gasteiger partial charge in [-0.1, -0.05) is 6.07 Å². The molecular formula is C16H20N2O3. The minimum absolute atomic E-state index is 0.129. The third-order valence-corrected chi connectivity index (χ3v) is 4.20. The summed E-state index contributed by atoms with van der Waals surface area (Å²) in [5, 5.41) is 3.20. The third-order valence-electron chi connectivity index (χ3n) is 4.20. The summed E-state index contributed by atoms with van der Waals surface area (Å²) in [7, 11) is 1.56. The lowest BCUT2D eigenvalue weighted by Crippen LogP contribution is -2.36. The van der Waals surface area contributed by atoms with Crippen LogP contribution in [0.25, 0.3) is 0 Å². The van der Waals surface area contributed by atoms with Crippen molar-refractivity contribution < 1.29 is 14.3 Å². The van der Waals surface area contributed by atoms with Crippen LogP contribution in [0, 0.1) is 0 Å². The maximum absolute atomic E-state index is 12.2. The van der Waals surface area contributed by atoms with Gasteiger partial charge in [0, 0.05) is 12.8 Å². The zero-order valence-corrected chi connectivity index (χ0v) is 12.2. The fourth-order valence-electron chi connectivity index (χ4n) is 3.08. The monoisotopic (exact) mass is 288 g/mol. The molecule has 2 amide bonds. The van der Waals surface area contributed by atoms with Crippen LogP contribution in [0.4, 0.5) is 5.69 Å². The lowest BCUT2D eigenvalue weighted by atomic mass is 10.1. The normalized spacial score (nSPS) is 21.0. The summed E-state index contributed by atoms with van der Waals surface area (Å²) in [6.07, 6.45) is 3.66. The van der Waals surface area contributed by atoms with Crippen molar-refractivity contribution in [1.82, 2.24) is 4.90 Å². The zero-order chi connectivity index (χ0) is 14.8. The lowest BCUT2D eigenvalue weighted by molar-refractivity contribution is -0.139. The second kappa shape index (κ2) is 5.85. The highest BCUT2D eigenvalue weighted by atomic mass is 16.5. The summed E-state index contributed by atoms with van der Waals surface area (Å²) < 4.78 is 4.94. The van der Waals surface area contributed by atoms with E-state index in [1.165, 1.54) is 22.4 Å². The van der Waals surface area contributed by atoms with Gasteiger partial charge in [0.25, 0.3) is 5.91 Å². The number of likely N-dealkylation sites (tertiary alicyclic amines) is 1. The van der Waals surface area contributed by atoms with E-state index in [1.807, 2.05) is 6.07 Å². The molecule has 2 aliphatic rings. The Balaban J connectivity index is 1.68. The molecule has 1 aliphatic heterocycles. The maximum Gasteiger partial charge on any atom is 0.252 e. The molecule has 0 bridgehead atoms. The lowest BCUT2D eigenvalue weighted by Gasteiger charge is -2.16. The molecule has 1 N–H and O–H groups in total. The number of carbonyl (C=O) groups is 2. The first-order chi connectivity index (χ1) is 10.2. The number of methoxy groups -OCH3 is 1. The number of rotatable bonds is 5. The first kappa shape index (κ1) is 14.1. The average Bonchev–Trinajstić information content (AvgIpc) is 3.03. The van der Waals surface area contributed by atoms with Gasteiger partial charge < -0.3 is 10.1 Å². The maximum atomic E-state index is 12.2. The fraction of sp³-hybridized carbons (Fsp3) is 0.500. The Morgan fingerprint density at radius 3 is 2.90 bits per heavy atom. The highest BCUT2D eigenvalue weighted by Gasteiger charge is 2.38. The summed E-state index contributed by atoms with van der Waals surface area (Å²) in [4.78, 5) is 25.4. The molecule has 1 heterocycles. The van der Waals surface area contributed by atoms with Crippen LogP contribution in [0.2, 0.25) is 0 Å². The van der Waals surface area contributed by atoms with Gasteiger partial charge in [-0.05, 0) is 42.5 Å². The van der Waals surface area contributed by atoms with Crippen LogP contribution in [-0.4, -0.2) is 43.0 Å². The van der Waals surface area contributed by atoms with Crippen molar-refractivity contribution in [2.24, 2.45) is 0 Å². The number of anilines is 1. The number of aryl methyl sites for hydroxylation is 2. The zero-order valence-electron chi connectivity index (χ0n) is 12.2. The fourth-order valence-corrected chi connectivity index (χ4v) is 3.08. The van der Waals surface area contributed by atoms with E-state index in [0.717, 1.165) is 18.5 Å². The van der Waals surface area contributed by atoms with Crippen LogP contribution in [0.3, 0.4) is 0 Å². The number of nitrogens with one attached hydrogen (secondary N) is 1. The molecule has 3 rings (SSSR count). The van der Waals surface area contributed by atoms with E-state index in [0.29, 0.717) is 13.2 Å². The highest BCUT2D eigenvalue weighted by Crippen LogP contribution is 2.26. The van der Waals surface area contributed by atoms with E-state index in [1.54, 1.807) is 7.11 Å². The molecule has 21 heavy (non-hydrogen) atoms.